The van der Waals surface area contributed by atoms with Crippen LogP contribution in [0.3, 0.4) is 0 Å². The molecule has 0 aromatic rings. The molecular weight excluding hydrogens is 158 g/mol. The zero-order valence-electron chi connectivity index (χ0n) is 8.97. The Balaban J connectivity index is 1.78. The second-order valence-electron chi connectivity index (χ2n) is 4.87. The lowest BCUT2D eigenvalue weighted by Gasteiger charge is -2.29. The molecule has 1 heteroatoms. The average molecular weight is 181 g/mol. The third-order valence-electron chi connectivity index (χ3n) is 3.87. The van der Waals surface area contributed by atoms with E-state index in [1.807, 2.05) is 0 Å². The Bertz CT molecular complexity index is 145. The van der Waals surface area contributed by atoms with Crippen LogP contribution in [-0.2, 0) is 0 Å². The monoisotopic (exact) mass is 181 g/mol. The van der Waals surface area contributed by atoms with Crippen LogP contribution in [0.15, 0.2) is 0 Å². The van der Waals surface area contributed by atoms with Crippen LogP contribution in [0.25, 0.3) is 0 Å². The van der Waals surface area contributed by atoms with Crippen LogP contribution in [0.4, 0.5) is 0 Å². The number of nitrogens with zero attached hydrogens (tertiary/aromatic N) is 1. The van der Waals surface area contributed by atoms with Crippen molar-refractivity contribution in [3.8, 4) is 0 Å². The van der Waals surface area contributed by atoms with E-state index < -0.39 is 0 Å². The lowest BCUT2D eigenvalue weighted by Crippen LogP contribution is -2.24. The molecule has 1 unspecified atom stereocenters. The van der Waals surface area contributed by atoms with Gasteiger partial charge in [0.05, 0.1) is 0 Å². The van der Waals surface area contributed by atoms with Gasteiger partial charge in [-0.25, -0.2) is 0 Å². The number of hydrogen-bond donors (Lipinski definition) is 0. The fraction of sp³-hybridized carbons (Fsp3) is 1.00. The molecule has 0 radical (unpaired) electrons. The van der Waals surface area contributed by atoms with Gasteiger partial charge in [0, 0.05) is 19.6 Å². The maximum Gasteiger partial charge on any atom is 0.0110 e. The predicted octanol–water partition coefficient (Wildman–Crippen LogP) is 2.91. The third kappa shape index (κ3) is 2.70. The molecule has 1 saturated carbocycles. The van der Waals surface area contributed by atoms with E-state index in [2.05, 4.69) is 11.8 Å². The van der Waals surface area contributed by atoms with E-state index in [9.17, 15) is 0 Å². The normalized spacial score (nSPS) is 27.5. The van der Waals surface area contributed by atoms with Crippen LogP contribution in [0, 0.1) is 11.8 Å². The Morgan fingerprint density at radius 3 is 2.38 bits per heavy atom. The first kappa shape index (κ1) is 9.51. The molecule has 0 amide bonds. The van der Waals surface area contributed by atoms with Gasteiger partial charge in [-0.3, -0.25) is 0 Å². The first-order valence-corrected chi connectivity index (χ1v) is 6.12. The van der Waals surface area contributed by atoms with Crippen molar-refractivity contribution in [3.05, 3.63) is 0 Å². The van der Waals surface area contributed by atoms with Crippen LogP contribution < -0.4 is 0 Å². The van der Waals surface area contributed by atoms with Gasteiger partial charge in [0.25, 0.3) is 0 Å². The molecule has 1 atom stereocenters. The highest BCUT2D eigenvalue weighted by atomic mass is 15.3. The average Bonchev–Trinajstić information content (AvgIpc) is 2.99. The summed E-state index contributed by atoms with van der Waals surface area (Å²) in [6.07, 6.45) is 8.94. The quantitative estimate of drug-likeness (QED) is 0.603. The summed E-state index contributed by atoms with van der Waals surface area (Å²) in [7, 11) is 0. The molecule has 1 aliphatic heterocycles. The van der Waals surface area contributed by atoms with E-state index in [0.29, 0.717) is 0 Å². The van der Waals surface area contributed by atoms with Crippen molar-refractivity contribution in [2.75, 3.05) is 19.6 Å². The minimum Gasteiger partial charge on any atom is -0.301 e. The number of hydrogen-bond acceptors (Lipinski definition) is 1. The minimum absolute atomic E-state index is 1.02. The fourth-order valence-corrected chi connectivity index (χ4v) is 2.80. The van der Waals surface area contributed by atoms with Crippen LogP contribution in [0.2, 0.25) is 0 Å². The molecular formula is C12H23N. The highest BCUT2D eigenvalue weighted by molar-refractivity contribution is 4.81. The maximum absolute atomic E-state index is 2.60. The second-order valence-corrected chi connectivity index (χ2v) is 4.87. The minimum atomic E-state index is 1.02. The van der Waals surface area contributed by atoms with Crippen molar-refractivity contribution in [1.29, 1.82) is 0 Å². The summed E-state index contributed by atoms with van der Waals surface area (Å²) >= 11 is 0. The number of rotatable bonds is 4. The topological polar surface area (TPSA) is 3.01 Å². The van der Waals surface area contributed by atoms with E-state index in [0.717, 1.165) is 11.8 Å². The van der Waals surface area contributed by atoms with E-state index in [1.165, 1.54) is 58.2 Å². The molecule has 2 aliphatic rings. The van der Waals surface area contributed by atoms with Crippen LogP contribution >= 0.6 is 0 Å². The highest BCUT2D eigenvalue weighted by Crippen LogP contribution is 2.32. The summed E-state index contributed by atoms with van der Waals surface area (Å²) in [4.78, 5) is 2.60. The van der Waals surface area contributed by atoms with Gasteiger partial charge in [0.2, 0.25) is 0 Å². The molecule has 2 fully saturated rings. The summed E-state index contributed by atoms with van der Waals surface area (Å²) in [6.45, 7) is 6.54. The van der Waals surface area contributed by atoms with Gasteiger partial charge in [-0.15, -0.1) is 0 Å². The second kappa shape index (κ2) is 4.45. The molecule has 0 aromatic carbocycles. The molecule has 0 aromatic heterocycles. The molecule has 76 valence electrons. The van der Waals surface area contributed by atoms with Crippen molar-refractivity contribution in [2.24, 2.45) is 11.8 Å². The Morgan fingerprint density at radius 2 is 1.85 bits per heavy atom. The van der Waals surface area contributed by atoms with E-state index in [4.69, 9.17) is 0 Å². The molecule has 1 saturated heterocycles. The Kier molecular flexibility index (Phi) is 3.26. The third-order valence-corrected chi connectivity index (χ3v) is 3.87. The summed E-state index contributed by atoms with van der Waals surface area (Å²) < 4.78 is 0. The Morgan fingerprint density at radius 1 is 1.15 bits per heavy atom. The summed E-state index contributed by atoms with van der Waals surface area (Å²) in [5.74, 6) is 2.09. The first-order valence-electron chi connectivity index (χ1n) is 6.12. The molecule has 2 rings (SSSR count). The Labute approximate surface area is 82.5 Å². The standard InChI is InChI=1S/C12H23N/c1-2-11(10-13-8-9-13)12-6-4-3-5-7-12/h11-12H,2-10H2,1H3. The van der Waals surface area contributed by atoms with Crippen LogP contribution in [0.1, 0.15) is 45.4 Å². The van der Waals surface area contributed by atoms with Gasteiger partial charge in [-0.05, 0) is 11.8 Å². The zero-order chi connectivity index (χ0) is 9.10. The van der Waals surface area contributed by atoms with Gasteiger partial charge < -0.3 is 4.90 Å². The largest absolute Gasteiger partial charge is 0.301 e. The molecule has 1 aliphatic carbocycles. The van der Waals surface area contributed by atoms with Gasteiger partial charge in [0.15, 0.2) is 0 Å². The van der Waals surface area contributed by atoms with Crippen molar-refractivity contribution in [1.82, 2.24) is 4.90 Å². The smallest absolute Gasteiger partial charge is 0.0110 e. The summed E-state index contributed by atoms with van der Waals surface area (Å²) in [5, 5.41) is 0. The summed E-state index contributed by atoms with van der Waals surface area (Å²) in [6, 6.07) is 0. The van der Waals surface area contributed by atoms with Gasteiger partial charge in [-0.1, -0.05) is 45.4 Å². The fourth-order valence-electron chi connectivity index (χ4n) is 2.80. The van der Waals surface area contributed by atoms with Gasteiger partial charge >= 0.3 is 0 Å². The molecule has 1 heterocycles. The lowest BCUT2D eigenvalue weighted by molar-refractivity contribution is 0.216. The van der Waals surface area contributed by atoms with E-state index in [-0.39, 0.29) is 0 Å². The van der Waals surface area contributed by atoms with Gasteiger partial charge in [-0.2, -0.15) is 0 Å². The van der Waals surface area contributed by atoms with Gasteiger partial charge in [0.1, 0.15) is 0 Å². The molecule has 0 bridgehead atoms. The van der Waals surface area contributed by atoms with Crippen molar-refractivity contribution in [3.63, 3.8) is 0 Å². The van der Waals surface area contributed by atoms with E-state index >= 15 is 0 Å². The zero-order valence-corrected chi connectivity index (χ0v) is 8.97. The van der Waals surface area contributed by atoms with Crippen LogP contribution in [0.5, 0.6) is 0 Å². The predicted molar refractivity (Wildman–Crippen MR) is 56.8 cm³/mol. The van der Waals surface area contributed by atoms with Crippen molar-refractivity contribution in [2.45, 2.75) is 45.4 Å². The lowest BCUT2D eigenvalue weighted by atomic mass is 9.79. The molecule has 0 spiro atoms. The molecule has 13 heavy (non-hydrogen) atoms. The van der Waals surface area contributed by atoms with E-state index in [1.54, 1.807) is 0 Å². The molecule has 1 nitrogen and oxygen atoms in total. The molecule has 0 N–H and O–H groups in total. The van der Waals surface area contributed by atoms with Crippen LogP contribution in [-0.4, -0.2) is 24.5 Å². The Hall–Kier alpha value is -0.0400. The van der Waals surface area contributed by atoms with Crippen molar-refractivity contribution < 1.29 is 0 Å². The SMILES string of the molecule is CCC(CN1CC1)C1CCCCC1. The highest BCUT2D eigenvalue weighted by Gasteiger charge is 2.27. The first-order chi connectivity index (χ1) is 6.40. The van der Waals surface area contributed by atoms with Crippen molar-refractivity contribution >= 4 is 0 Å². The summed E-state index contributed by atoms with van der Waals surface area (Å²) in [5.41, 5.74) is 0. The maximum atomic E-state index is 2.60.